The Morgan fingerprint density at radius 3 is 2.33 bits per heavy atom. The molecule has 1 aliphatic heterocycles. The molecule has 4 aromatic rings. The average Bonchev–Trinajstić information content (AvgIpc) is 3.38. The topological polar surface area (TPSA) is 71.3 Å². The summed E-state index contributed by atoms with van der Waals surface area (Å²) in [7, 11) is 0. The fraction of sp³-hybridized carbons (Fsp3) is 0.290. The molecule has 0 radical (unpaired) electrons. The molecule has 5 rings (SSSR count). The molecule has 9 heteroatoms. The Morgan fingerprint density at radius 1 is 0.925 bits per heavy atom. The first kappa shape index (κ1) is 28.1. The van der Waals surface area contributed by atoms with Gasteiger partial charge in [0.15, 0.2) is 5.16 Å². The summed E-state index contributed by atoms with van der Waals surface area (Å²) in [5.41, 5.74) is 2.88. The van der Waals surface area contributed by atoms with Gasteiger partial charge in [0.25, 0.3) is 5.91 Å². The molecule has 0 saturated carbocycles. The van der Waals surface area contributed by atoms with Crippen molar-refractivity contribution in [3.05, 3.63) is 106 Å². The van der Waals surface area contributed by atoms with Crippen LogP contribution < -0.4 is 0 Å². The third-order valence-electron chi connectivity index (χ3n) is 7.02. The molecule has 1 fully saturated rings. The molecule has 1 atom stereocenters. The van der Waals surface area contributed by atoms with Gasteiger partial charge in [-0.15, -0.1) is 10.2 Å². The number of piperazine rings is 1. The number of hydrogen-bond donors (Lipinski definition) is 0. The molecule has 2 heterocycles. The van der Waals surface area contributed by atoms with Crippen molar-refractivity contribution in [2.24, 2.45) is 0 Å². The third kappa shape index (κ3) is 6.82. The predicted molar refractivity (Wildman–Crippen MR) is 162 cm³/mol. The average molecular weight is 619 g/mol. The highest BCUT2D eigenvalue weighted by Gasteiger charge is 2.30. The van der Waals surface area contributed by atoms with Gasteiger partial charge in [-0.05, 0) is 55.3 Å². The van der Waals surface area contributed by atoms with Crippen LogP contribution >= 0.6 is 27.7 Å². The van der Waals surface area contributed by atoms with Crippen molar-refractivity contribution >= 4 is 39.5 Å². The summed E-state index contributed by atoms with van der Waals surface area (Å²) in [6.45, 7) is 3.67. The van der Waals surface area contributed by atoms with E-state index in [1.165, 1.54) is 5.56 Å². The van der Waals surface area contributed by atoms with Gasteiger partial charge in [0.2, 0.25) is 5.91 Å². The minimum atomic E-state index is -0.0318. The van der Waals surface area contributed by atoms with Crippen molar-refractivity contribution < 1.29 is 9.59 Å². The molecule has 2 amide bonds. The lowest BCUT2D eigenvalue weighted by molar-refractivity contribution is -0.133. The molecule has 7 nitrogen and oxygen atoms in total. The zero-order valence-corrected chi connectivity index (χ0v) is 24.9. The van der Waals surface area contributed by atoms with Crippen LogP contribution in [0.2, 0.25) is 0 Å². The van der Waals surface area contributed by atoms with Crippen molar-refractivity contribution in [2.45, 2.75) is 37.4 Å². The van der Waals surface area contributed by atoms with Gasteiger partial charge in [-0.1, -0.05) is 76.2 Å². The number of rotatable bonds is 9. The number of carbonyl (C=O) groups is 2. The zero-order chi connectivity index (χ0) is 27.9. The molecule has 0 aliphatic carbocycles. The van der Waals surface area contributed by atoms with Crippen LogP contribution in [0.4, 0.5) is 0 Å². The van der Waals surface area contributed by atoms with Crippen molar-refractivity contribution in [1.82, 2.24) is 24.6 Å². The van der Waals surface area contributed by atoms with Gasteiger partial charge in [-0.3, -0.25) is 14.2 Å². The number of thioether (sulfide) groups is 1. The lowest BCUT2D eigenvalue weighted by Gasteiger charge is -2.40. The van der Waals surface area contributed by atoms with Gasteiger partial charge in [-0.25, -0.2) is 0 Å². The summed E-state index contributed by atoms with van der Waals surface area (Å²) in [4.78, 5) is 29.7. The molecule has 1 aliphatic rings. The van der Waals surface area contributed by atoms with Crippen molar-refractivity contribution in [1.29, 1.82) is 0 Å². The zero-order valence-electron chi connectivity index (χ0n) is 22.4. The first-order valence-electron chi connectivity index (χ1n) is 13.5. The first-order chi connectivity index (χ1) is 19.5. The lowest BCUT2D eigenvalue weighted by Crippen LogP contribution is -2.55. The van der Waals surface area contributed by atoms with Crippen molar-refractivity contribution in [3.8, 4) is 5.69 Å². The molecule has 206 valence electrons. The highest BCUT2D eigenvalue weighted by atomic mass is 79.9. The van der Waals surface area contributed by atoms with Crippen LogP contribution in [0.5, 0.6) is 0 Å². The van der Waals surface area contributed by atoms with Crippen LogP contribution in [0.3, 0.4) is 0 Å². The molecule has 0 bridgehead atoms. The van der Waals surface area contributed by atoms with E-state index in [2.05, 4.69) is 55.0 Å². The summed E-state index contributed by atoms with van der Waals surface area (Å²) in [5, 5.41) is 9.85. The number of amides is 2. The van der Waals surface area contributed by atoms with E-state index in [0.29, 0.717) is 38.0 Å². The maximum atomic E-state index is 13.0. The van der Waals surface area contributed by atoms with Crippen LogP contribution in [0.25, 0.3) is 5.69 Å². The number of aromatic nitrogens is 3. The Balaban J connectivity index is 1.15. The molecule has 0 N–H and O–H groups in total. The van der Waals surface area contributed by atoms with E-state index in [4.69, 9.17) is 0 Å². The number of carbonyl (C=O) groups excluding carboxylic acids is 2. The summed E-state index contributed by atoms with van der Waals surface area (Å²) in [5.74, 6) is 1.80. The molecule has 1 aromatic heterocycles. The second-order valence-corrected chi connectivity index (χ2v) is 11.9. The smallest absolute Gasteiger partial charge is 0.254 e. The van der Waals surface area contributed by atoms with Crippen molar-refractivity contribution in [2.75, 3.05) is 25.4 Å². The van der Waals surface area contributed by atoms with Gasteiger partial charge >= 0.3 is 0 Å². The molecule has 40 heavy (non-hydrogen) atoms. The predicted octanol–water partition coefficient (Wildman–Crippen LogP) is 5.87. The second kappa shape index (κ2) is 13.3. The minimum Gasteiger partial charge on any atom is -0.339 e. The fourth-order valence-electron chi connectivity index (χ4n) is 4.91. The van der Waals surface area contributed by atoms with Crippen LogP contribution in [0.1, 0.15) is 41.5 Å². The second-order valence-electron chi connectivity index (χ2n) is 9.88. The molecule has 3 aromatic carbocycles. The fourth-order valence-corrected chi connectivity index (χ4v) is 6.09. The molecule has 1 unspecified atom stereocenters. The van der Waals surface area contributed by atoms with Gasteiger partial charge in [0.1, 0.15) is 5.82 Å². The van der Waals surface area contributed by atoms with E-state index in [-0.39, 0.29) is 17.9 Å². The normalized spacial score (nSPS) is 15.3. The van der Waals surface area contributed by atoms with Crippen molar-refractivity contribution in [3.63, 3.8) is 0 Å². The Bertz CT molecular complexity index is 1430. The summed E-state index contributed by atoms with van der Waals surface area (Å²) < 4.78 is 3.06. The van der Waals surface area contributed by atoms with Crippen LogP contribution in [0, 0.1) is 0 Å². The highest BCUT2D eigenvalue weighted by molar-refractivity contribution is 9.10. The molecule has 1 saturated heterocycles. The number of benzene rings is 3. The molecular weight excluding hydrogens is 586 g/mol. The summed E-state index contributed by atoms with van der Waals surface area (Å²) in [6.07, 6.45) is 1.90. The Hall–Kier alpha value is -3.43. The highest BCUT2D eigenvalue weighted by Crippen LogP contribution is 2.25. The number of nitrogens with zero attached hydrogens (tertiary/aromatic N) is 5. The maximum absolute atomic E-state index is 13.0. The van der Waals surface area contributed by atoms with E-state index in [1.807, 2.05) is 77.4 Å². The summed E-state index contributed by atoms with van der Waals surface area (Å²) in [6, 6.07) is 27.8. The van der Waals surface area contributed by atoms with Gasteiger partial charge in [0, 0.05) is 60.0 Å². The lowest BCUT2D eigenvalue weighted by atomic mass is 10.1. The van der Waals surface area contributed by atoms with Gasteiger partial charge in [0.05, 0.1) is 0 Å². The first-order valence-corrected chi connectivity index (χ1v) is 15.3. The number of para-hydroxylation sites is 1. The van der Waals surface area contributed by atoms with Gasteiger partial charge < -0.3 is 9.80 Å². The maximum Gasteiger partial charge on any atom is 0.254 e. The van der Waals surface area contributed by atoms with E-state index < -0.39 is 0 Å². The molecular formula is C31H32BrN5O2S. The van der Waals surface area contributed by atoms with E-state index in [1.54, 1.807) is 11.8 Å². The number of hydrogen-bond acceptors (Lipinski definition) is 5. The summed E-state index contributed by atoms with van der Waals surface area (Å²) >= 11 is 5.04. The SMILES string of the molecule is CC1CN(C(=O)CCCSc2nnc(Cc3ccccc3)n2-c2ccccc2)CCN1C(=O)c1ccc(Br)cc1. The standard InChI is InChI=1S/C31H32BrN5O2S/c1-23-22-35(18-19-36(23)30(39)25-14-16-26(32)17-15-25)29(38)13-8-20-40-31-34-33-28(21-24-9-4-2-5-10-24)37(31)27-11-6-3-7-12-27/h2-7,9-12,14-17,23H,8,13,18-22H2,1H3. The van der Waals surface area contributed by atoms with E-state index in [9.17, 15) is 9.59 Å². The van der Waals surface area contributed by atoms with Crippen LogP contribution in [-0.4, -0.2) is 67.8 Å². The minimum absolute atomic E-state index is 0.0117. The van der Waals surface area contributed by atoms with E-state index in [0.717, 1.165) is 33.3 Å². The van der Waals surface area contributed by atoms with Gasteiger partial charge in [-0.2, -0.15) is 0 Å². The van der Waals surface area contributed by atoms with Crippen LogP contribution in [-0.2, 0) is 11.2 Å². The number of halogens is 1. The quantitative estimate of drug-likeness (QED) is 0.174. The molecule has 0 spiro atoms. The van der Waals surface area contributed by atoms with E-state index >= 15 is 0 Å². The monoisotopic (exact) mass is 617 g/mol. The Kier molecular flexibility index (Phi) is 9.34. The Labute approximate surface area is 247 Å². The van der Waals surface area contributed by atoms with Crippen LogP contribution in [0.15, 0.2) is 94.6 Å². The largest absolute Gasteiger partial charge is 0.339 e. The Morgan fingerprint density at radius 2 is 1.62 bits per heavy atom. The third-order valence-corrected chi connectivity index (χ3v) is 8.56.